The minimum atomic E-state index is -0.478. The Bertz CT molecular complexity index is 1320. The van der Waals surface area contributed by atoms with Crippen molar-refractivity contribution < 1.29 is 9.15 Å². The molecule has 3 heterocycles. The highest BCUT2D eigenvalue weighted by molar-refractivity contribution is 6.35. The number of nitrogens with zero attached hydrogens (tertiary/aromatic N) is 4. The average molecular weight is 435 g/mol. The van der Waals surface area contributed by atoms with Crippen molar-refractivity contribution in [1.29, 1.82) is 0 Å². The molecule has 29 heavy (non-hydrogen) atoms. The molecule has 1 aromatic carbocycles. The number of furan rings is 1. The van der Waals surface area contributed by atoms with Crippen molar-refractivity contribution in [2.75, 3.05) is 0 Å². The smallest absolute Gasteiger partial charge is 0.332 e. The van der Waals surface area contributed by atoms with E-state index >= 15 is 0 Å². The maximum Gasteiger partial charge on any atom is 0.332 e. The Morgan fingerprint density at radius 2 is 1.93 bits per heavy atom. The van der Waals surface area contributed by atoms with Crippen molar-refractivity contribution in [2.24, 2.45) is 14.1 Å². The van der Waals surface area contributed by atoms with Crippen LogP contribution in [0, 0.1) is 0 Å². The molecule has 10 heteroatoms. The van der Waals surface area contributed by atoms with Crippen LogP contribution in [-0.2, 0) is 27.2 Å². The van der Waals surface area contributed by atoms with E-state index in [1.165, 1.54) is 17.9 Å². The number of hydrogen-bond acceptors (Lipinski definition) is 5. The summed E-state index contributed by atoms with van der Waals surface area (Å²) < 4.78 is 15.0. The zero-order valence-corrected chi connectivity index (χ0v) is 17.1. The molecule has 0 unspecified atom stereocenters. The first-order valence-corrected chi connectivity index (χ1v) is 9.37. The average Bonchev–Trinajstić information content (AvgIpc) is 3.33. The van der Waals surface area contributed by atoms with Crippen molar-refractivity contribution in [1.82, 2.24) is 18.7 Å². The van der Waals surface area contributed by atoms with Gasteiger partial charge in [-0.2, -0.15) is 4.98 Å². The number of aromatic nitrogens is 4. The molecular formula is C19H16Cl2N4O4. The Balaban J connectivity index is 1.89. The van der Waals surface area contributed by atoms with Crippen LogP contribution in [-0.4, -0.2) is 18.7 Å². The van der Waals surface area contributed by atoms with Crippen LogP contribution in [0.15, 0.2) is 50.6 Å². The lowest BCUT2D eigenvalue weighted by Gasteiger charge is -2.11. The second kappa shape index (κ2) is 7.46. The molecule has 0 N–H and O–H groups in total. The van der Waals surface area contributed by atoms with E-state index in [9.17, 15) is 9.59 Å². The summed E-state index contributed by atoms with van der Waals surface area (Å²) in [5.74, 6) is 0.593. The van der Waals surface area contributed by atoms with Gasteiger partial charge >= 0.3 is 5.69 Å². The van der Waals surface area contributed by atoms with Crippen LogP contribution < -0.4 is 16.0 Å². The Morgan fingerprint density at radius 3 is 2.62 bits per heavy atom. The Kier molecular flexibility index (Phi) is 4.97. The second-order valence-electron chi connectivity index (χ2n) is 6.46. The molecule has 0 atom stereocenters. The summed E-state index contributed by atoms with van der Waals surface area (Å²) in [6, 6.07) is 8.76. The van der Waals surface area contributed by atoms with Gasteiger partial charge in [-0.3, -0.25) is 18.5 Å². The zero-order valence-electron chi connectivity index (χ0n) is 15.6. The van der Waals surface area contributed by atoms with Crippen molar-refractivity contribution >= 4 is 34.4 Å². The molecule has 3 aromatic heterocycles. The minimum Gasteiger partial charge on any atom is -0.466 e. The highest BCUT2D eigenvalue weighted by Crippen LogP contribution is 2.26. The normalized spacial score (nSPS) is 11.3. The molecule has 4 rings (SSSR count). The third kappa shape index (κ3) is 3.45. The van der Waals surface area contributed by atoms with Crippen molar-refractivity contribution in [3.05, 3.63) is 78.8 Å². The fraction of sp³-hybridized carbons (Fsp3) is 0.211. The van der Waals surface area contributed by atoms with Crippen molar-refractivity contribution in [2.45, 2.75) is 13.2 Å². The van der Waals surface area contributed by atoms with Gasteiger partial charge in [-0.05, 0) is 29.8 Å². The Labute approximate surface area is 174 Å². The van der Waals surface area contributed by atoms with E-state index in [-0.39, 0.29) is 30.3 Å². The van der Waals surface area contributed by atoms with Crippen LogP contribution in [0.25, 0.3) is 11.2 Å². The van der Waals surface area contributed by atoms with Gasteiger partial charge in [0.1, 0.15) is 12.4 Å². The minimum absolute atomic E-state index is 0.110. The fourth-order valence-corrected chi connectivity index (χ4v) is 3.50. The molecule has 0 radical (unpaired) electrons. The monoisotopic (exact) mass is 434 g/mol. The predicted octanol–water partition coefficient (Wildman–Crippen LogP) is 2.96. The maximum absolute atomic E-state index is 12.9. The zero-order chi connectivity index (χ0) is 20.7. The fourth-order valence-electron chi connectivity index (χ4n) is 3.03. The molecule has 0 amide bonds. The lowest BCUT2D eigenvalue weighted by molar-refractivity contribution is 0.242. The molecule has 0 saturated heterocycles. The first-order valence-electron chi connectivity index (χ1n) is 8.62. The Morgan fingerprint density at radius 1 is 1.14 bits per heavy atom. The lowest BCUT2D eigenvalue weighted by atomic mass is 10.2. The van der Waals surface area contributed by atoms with Crippen molar-refractivity contribution in [3.63, 3.8) is 0 Å². The van der Waals surface area contributed by atoms with Gasteiger partial charge in [0, 0.05) is 24.1 Å². The van der Waals surface area contributed by atoms with Gasteiger partial charge in [-0.1, -0.05) is 29.3 Å². The number of rotatable bonds is 5. The number of halogens is 2. The van der Waals surface area contributed by atoms with E-state index in [0.29, 0.717) is 21.4 Å². The summed E-state index contributed by atoms with van der Waals surface area (Å²) in [6.45, 7) is 0.312. The maximum atomic E-state index is 12.9. The molecule has 0 spiro atoms. The first-order chi connectivity index (χ1) is 13.9. The highest BCUT2D eigenvalue weighted by Gasteiger charge is 2.21. The van der Waals surface area contributed by atoms with Gasteiger partial charge in [0.05, 0.1) is 12.8 Å². The number of fused-ring (bicyclic) bond motifs is 1. The van der Waals surface area contributed by atoms with Crippen LogP contribution in [0.4, 0.5) is 0 Å². The first kappa shape index (κ1) is 19.4. The van der Waals surface area contributed by atoms with E-state index < -0.39 is 11.2 Å². The quantitative estimate of drug-likeness (QED) is 0.481. The standard InChI is InChI=1S/C19H16Cl2N4O4/c1-23-16-15(17(26)24(2)19(23)27)25(9-11-5-6-12(20)8-14(11)21)18(22-16)29-10-13-4-3-7-28-13/h3-8H,9-10H2,1-2H3. The topological polar surface area (TPSA) is 84.2 Å². The lowest BCUT2D eigenvalue weighted by Crippen LogP contribution is -2.37. The number of benzene rings is 1. The van der Waals surface area contributed by atoms with Gasteiger partial charge < -0.3 is 9.15 Å². The largest absolute Gasteiger partial charge is 0.466 e. The molecule has 0 bridgehead atoms. The molecule has 0 aliphatic carbocycles. The van der Waals surface area contributed by atoms with Gasteiger partial charge in [-0.15, -0.1) is 0 Å². The third-order valence-electron chi connectivity index (χ3n) is 4.58. The van der Waals surface area contributed by atoms with E-state index in [1.807, 2.05) is 0 Å². The highest BCUT2D eigenvalue weighted by atomic mass is 35.5. The molecular weight excluding hydrogens is 419 g/mol. The second-order valence-corrected chi connectivity index (χ2v) is 7.31. The van der Waals surface area contributed by atoms with E-state index in [0.717, 1.165) is 4.57 Å². The summed E-state index contributed by atoms with van der Waals surface area (Å²) in [5.41, 5.74) is 0.213. The molecule has 0 aliphatic rings. The number of aryl methyl sites for hydroxylation is 1. The molecule has 0 saturated carbocycles. The summed E-state index contributed by atoms with van der Waals surface area (Å²) >= 11 is 12.3. The summed E-state index contributed by atoms with van der Waals surface area (Å²) in [5, 5.41) is 0.944. The van der Waals surface area contributed by atoms with Crippen molar-refractivity contribution in [3.8, 4) is 6.01 Å². The number of hydrogen-bond donors (Lipinski definition) is 0. The number of imidazole rings is 1. The van der Waals surface area contributed by atoms with Crippen LogP contribution in [0.3, 0.4) is 0 Å². The van der Waals surface area contributed by atoms with Crippen LogP contribution in [0.5, 0.6) is 6.01 Å². The number of ether oxygens (including phenoxy) is 1. The van der Waals surface area contributed by atoms with Gasteiger partial charge in [0.2, 0.25) is 0 Å². The molecule has 8 nitrogen and oxygen atoms in total. The van der Waals surface area contributed by atoms with Crippen LogP contribution in [0.2, 0.25) is 10.0 Å². The van der Waals surface area contributed by atoms with E-state index in [2.05, 4.69) is 4.98 Å². The van der Waals surface area contributed by atoms with E-state index in [4.69, 9.17) is 32.4 Å². The third-order valence-corrected chi connectivity index (χ3v) is 5.17. The van der Waals surface area contributed by atoms with Gasteiger partial charge in [0.25, 0.3) is 11.6 Å². The SMILES string of the molecule is Cn1c(=O)c2c(nc(OCc3ccco3)n2Cc2ccc(Cl)cc2Cl)n(C)c1=O. The van der Waals surface area contributed by atoms with Crippen LogP contribution in [0.1, 0.15) is 11.3 Å². The molecule has 4 aromatic rings. The summed E-state index contributed by atoms with van der Waals surface area (Å²) in [6.07, 6.45) is 1.54. The molecule has 150 valence electrons. The van der Waals surface area contributed by atoms with Crippen LogP contribution >= 0.6 is 23.2 Å². The molecule has 0 fully saturated rings. The summed E-state index contributed by atoms with van der Waals surface area (Å²) in [4.78, 5) is 29.6. The predicted molar refractivity (Wildman–Crippen MR) is 109 cm³/mol. The Hall–Kier alpha value is -2.97. The van der Waals surface area contributed by atoms with Gasteiger partial charge in [0.15, 0.2) is 11.2 Å². The van der Waals surface area contributed by atoms with E-state index in [1.54, 1.807) is 41.9 Å². The molecule has 0 aliphatic heterocycles. The van der Waals surface area contributed by atoms with Gasteiger partial charge in [-0.25, -0.2) is 4.79 Å². The summed E-state index contributed by atoms with van der Waals surface area (Å²) in [7, 11) is 2.97.